The number of rotatable bonds is 4. The Morgan fingerprint density at radius 2 is 2.00 bits per heavy atom. The van der Waals surface area contributed by atoms with Gasteiger partial charge < -0.3 is 10.1 Å². The van der Waals surface area contributed by atoms with E-state index < -0.39 is 0 Å². The van der Waals surface area contributed by atoms with Crippen molar-refractivity contribution in [2.75, 3.05) is 5.32 Å². The topological polar surface area (TPSA) is 75.7 Å². The molecule has 2 N–H and O–H groups in total. The lowest BCUT2D eigenvalue weighted by Gasteiger charge is -2.04. The highest BCUT2D eigenvalue weighted by molar-refractivity contribution is 6.32. The first-order chi connectivity index (χ1) is 8.52. The van der Waals surface area contributed by atoms with Crippen molar-refractivity contribution in [1.82, 2.24) is 20.2 Å². The van der Waals surface area contributed by atoms with Gasteiger partial charge in [-0.05, 0) is 25.4 Å². The van der Waals surface area contributed by atoms with E-state index >= 15 is 0 Å². The first-order valence-corrected chi connectivity index (χ1v) is 5.97. The van der Waals surface area contributed by atoms with Gasteiger partial charge in [-0.15, -0.1) is 0 Å². The van der Waals surface area contributed by atoms with E-state index in [1.807, 2.05) is 13.8 Å². The zero-order valence-electron chi connectivity index (χ0n) is 9.74. The van der Waals surface area contributed by atoms with Crippen LogP contribution in [0.15, 0.2) is 12.1 Å². The summed E-state index contributed by atoms with van der Waals surface area (Å²) >= 11 is 11.5. The molecule has 0 aromatic carbocycles. The quantitative estimate of drug-likeness (QED) is 0.668. The average Bonchev–Trinajstić information content (AvgIpc) is 2.62. The molecule has 96 valence electrons. The van der Waals surface area contributed by atoms with Gasteiger partial charge in [0.05, 0.1) is 6.10 Å². The maximum Gasteiger partial charge on any atom is 0.225 e. The Morgan fingerprint density at radius 1 is 1.22 bits per heavy atom. The van der Waals surface area contributed by atoms with Crippen molar-refractivity contribution in [3.05, 3.63) is 22.6 Å². The number of anilines is 2. The van der Waals surface area contributed by atoms with Crippen LogP contribution in [0.4, 0.5) is 11.6 Å². The fraction of sp³-hybridized carbons (Fsp3) is 0.300. The largest absolute Gasteiger partial charge is 0.475 e. The van der Waals surface area contributed by atoms with E-state index in [1.54, 1.807) is 12.1 Å². The number of nitrogens with one attached hydrogen (secondary N) is 2. The lowest BCUT2D eigenvalue weighted by atomic mass is 10.5. The van der Waals surface area contributed by atoms with Crippen molar-refractivity contribution in [3.63, 3.8) is 0 Å². The molecule has 18 heavy (non-hydrogen) atoms. The number of aromatic nitrogens is 4. The number of halogens is 2. The highest BCUT2D eigenvalue weighted by atomic mass is 35.5. The summed E-state index contributed by atoms with van der Waals surface area (Å²) < 4.78 is 5.44. The third-order valence-corrected chi connectivity index (χ3v) is 2.20. The standard InChI is InChI=1S/C10H11Cl2N5O/c1-5(2)18-9-4-8(16-17-9)14-7-3-6(11)13-10(12)15-7/h3-5H,1-2H3,(H2,13,14,15,16,17). The van der Waals surface area contributed by atoms with Crippen molar-refractivity contribution in [3.8, 4) is 5.88 Å². The smallest absolute Gasteiger partial charge is 0.225 e. The highest BCUT2D eigenvalue weighted by Gasteiger charge is 2.06. The molecule has 0 amide bonds. The van der Waals surface area contributed by atoms with Gasteiger partial charge in [-0.3, -0.25) is 0 Å². The van der Waals surface area contributed by atoms with Crippen LogP contribution in [-0.4, -0.2) is 26.3 Å². The van der Waals surface area contributed by atoms with Crippen LogP contribution < -0.4 is 10.1 Å². The molecule has 0 aliphatic rings. The Morgan fingerprint density at radius 3 is 2.67 bits per heavy atom. The molecule has 0 unspecified atom stereocenters. The molecule has 2 rings (SSSR count). The maximum atomic E-state index is 5.76. The Hall–Kier alpha value is -1.53. The van der Waals surface area contributed by atoms with Crippen molar-refractivity contribution >= 4 is 34.8 Å². The SMILES string of the molecule is CC(C)Oc1cc(Nc2cc(Cl)nc(Cl)n2)n[nH]1. The van der Waals surface area contributed by atoms with Crippen LogP contribution in [0.25, 0.3) is 0 Å². The van der Waals surface area contributed by atoms with Crippen LogP contribution in [0.2, 0.25) is 10.4 Å². The fourth-order valence-corrected chi connectivity index (χ4v) is 1.68. The van der Waals surface area contributed by atoms with Gasteiger partial charge in [-0.25, -0.2) is 15.1 Å². The second-order valence-corrected chi connectivity index (χ2v) is 4.48. The first kappa shape index (κ1) is 12.9. The summed E-state index contributed by atoms with van der Waals surface area (Å²) in [5, 5.41) is 10.0. The van der Waals surface area contributed by atoms with E-state index in [1.165, 1.54) is 0 Å². The molecule has 2 heterocycles. The zero-order valence-corrected chi connectivity index (χ0v) is 11.2. The van der Waals surface area contributed by atoms with Gasteiger partial charge in [-0.2, -0.15) is 5.10 Å². The minimum absolute atomic E-state index is 0.0687. The van der Waals surface area contributed by atoms with Crippen molar-refractivity contribution < 1.29 is 4.74 Å². The van der Waals surface area contributed by atoms with E-state index in [0.717, 1.165) is 0 Å². The number of aromatic amines is 1. The molecule has 0 saturated heterocycles. The second-order valence-electron chi connectivity index (χ2n) is 3.75. The van der Waals surface area contributed by atoms with Gasteiger partial charge in [0.25, 0.3) is 0 Å². The van der Waals surface area contributed by atoms with E-state index in [4.69, 9.17) is 27.9 Å². The van der Waals surface area contributed by atoms with E-state index in [0.29, 0.717) is 17.5 Å². The number of ether oxygens (including phenoxy) is 1. The minimum atomic E-state index is 0.0687. The summed E-state index contributed by atoms with van der Waals surface area (Å²) in [6.45, 7) is 3.86. The summed E-state index contributed by atoms with van der Waals surface area (Å²) in [5.74, 6) is 1.58. The maximum absolute atomic E-state index is 5.76. The van der Waals surface area contributed by atoms with Gasteiger partial charge in [-0.1, -0.05) is 11.6 Å². The Bertz CT molecular complexity index is 523. The van der Waals surface area contributed by atoms with Crippen LogP contribution in [-0.2, 0) is 0 Å². The van der Waals surface area contributed by atoms with E-state index in [2.05, 4.69) is 25.5 Å². The van der Waals surface area contributed by atoms with Crippen LogP contribution in [0, 0.1) is 0 Å². The summed E-state index contributed by atoms with van der Waals surface area (Å²) in [6.07, 6.45) is 0.0706. The van der Waals surface area contributed by atoms with Gasteiger partial charge >= 0.3 is 0 Å². The van der Waals surface area contributed by atoms with Crippen LogP contribution in [0.3, 0.4) is 0 Å². The van der Waals surface area contributed by atoms with Crippen molar-refractivity contribution in [2.45, 2.75) is 20.0 Å². The molecule has 8 heteroatoms. The minimum Gasteiger partial charge on any atom is -0.475 e. The van der Waals surface area contributed by atoms with E-state index in [9.17, 15) is 0 Å². The first-order valence-electron chi connectivity index (χ1n) is 5.22. The molecule has 0 fully saturated rings. The monoisotopic (exact) mass is 287 g/mol. The summed E-state index contributed by atoms with van der Waals surface area (Å²) in [5.41, 5.74) is 0. The highest BCUT2D eigenvalue weighted by Crippen LogP contribution is 2.20. The van der Waals surface area contributed by atoms with E-state index in [-0.39, 0.29) is 16.5 Å². The molecule has 0 saturated carbocycles. The number of hydrogen-bond acceptors (Lipinski definition) is 5. The molecule has 0 spiro atoms. The van der Waals surface area contributed by atoms with Gasteiger partial charge in [0.2, 0.25) is 11.2 Å². The molecular formula is C10H11Cl2N5O. The third kappa shape index (κ3) is 3.48. The molecule has 0 atom stereocenters. The van der Waals surface area contributed by atoms with Crippen LogP contribution >= 0.6 is 23.2 Å². The third-order valence-electron chi connectivity index (χ3n) is 1.84. The van der Waals surface area contributed by atoms with Crippen molar-refractivity contribution in [2.24, 2.45) is 0 Å². The van der Waals surface area contributed by atoms with Gasteiger partial charge in [0, 0.05) is 12.1 Å². The molecule has 6 nitrogen and oxygen atoms in total. The van der Waals surface area contributed by atoms with Crippen LogP contribution in [0.1, 0.15) is 13.8 Å². The number of hydrogen-bond donors (Lipinski definition) is 2. The molecule has 0 radical (unpaired) electrons. The molecule has 0 bridgehead atoms. The molecular weight excluding hydrogens is 277 g/mol. The molecule has 2 aromatic heterocycles. The lowest BCUT2D eigenvalue weighted by molar-refractivity contribution is 0.232. The molecule has 0 aliphatic carbocycles. The van der Waals surface area contributed by atoms with Gasteiger partial charge in [0.1, 0.15) is 11.0 Å². The Balaban J connectivity index is 2.11. The predicted molar refractivity (Wildman–Crippen MR) is 69.7 cm³/mol. The second kappa shape index (κ2) is 5.41. The fourth-order valence-electron chi connectivity index (χ4n) is 1.27. The van der Waals surface area contributed by atoms with Gasteiger partial charge in [0.15, 0.2) is 5.82 Å². The summed E-state index contributed by atoms with van der Waals surface area (Å²) in [6, 6.07) is 3.26. The lowest BCUT2D eigenvalue weighted by Crippen LogP contribution is -2.05. The summed E-state index contributed by atoms with van der Waals surface area (Å²) in [4.78, 5) is 7.71. The predicted octanol–water partition coefficient (Wildman–Crippen LogP) is 3.04. The Kier molecular flexibility index (Phi) is 3.88. The number of H-pyrrole nitrogens is 1. The van der Waals surface area contributed by atoms with Crippen molar-refractivity contribution in [1.29, 1.82) is 0 Å². The molecule has 0 aliphatic heterocycles. The average molecular weight is 288 g/mol. The number of nitrogens with zero attached hydrogens (tertiary/aromatic N) is 3. The normalized spacial score (nSPS) is 10.7. The molecule has 2 aromatic rings. The summed E-state index contributed by atoms with van der Waals surface area (Å²) in [7, 11) is 0. The Labute approximate surface area is 114 Å². The zero-order chi connectivity index (χ0) is 13.1. The van der Waals surface area contributed by atoms with Crippen LogP contribution in [0.5, 0.6) is 5.88 Å².